The van der Waals surface area contributed by atoms with E-state index in [1.54, 1.807) is 25.4 Å². The number of hydrazine groups is 1. The van der Waals surface area contributed by atoms with Crippen LogP contribution in [-0.4, -0.2) is 43.9 Å². The third-order valence-corrected chi connectivity index (χ3v) is 2.36. The standard InChI is InChI=1S/C10H14N8O2/c1-6(7(19)20-2)13-8-14-9(17-11)16-10(15-8)18-5-3-4-12-18/h3-6H,11H2,1-2H3,(H2,13,14,15,16,17). The molecule has 2 heterocycles. The molecule has 0 radical (unpaired) electrons. The lowest BCUT2D eigenvalue weighted by molar-refractivity contribution is -0.141. The van der Waals surface area contributed by atoms with Crippen molar-refractivity contribution in [2.75, 3.05) is 17.9 Å². The zero-order valence-electron chi connectivity index (χ0n) is 10.9. The van der Waals surface area contributed by atoms with Crippen molar-refractivity contribution in [3.05, 3.63) is 18.5 Å². The van der Waals surface area contributed by atoms with Crippen LogP contribution in [0.4, 0.5) is 11.9 Å². The average Bonchev–Trinajstić information content (AvgIpc) is 3.00. The molecule has 2 rings (SSSR count). The molecule has 2 aromatic rings. The fourth-order valence-electron chi connectivity index (χ4n) is 1.41. The predicted molar refractivity (Wildman–Crippen MR) is 69.9 cm³/mol. The Hall–Kier alpha value is -2.75. The molecule has 20 heavy (non-hydrogen) atoms. The van der Waals surface area contributed by atoms with Crippen LogP contribution in [0.1, 0.15) is 6.92 Å². The van der Waals surface area contributed by atoms with Crippen LogP contribution in [0, 0.1) is 0 Å². The number of rotatable bonds is 5. The summed E-state index contributed by atoms with van der Waals surface area (Å²) in [6.07, 6.45) is 3.26. The Bertz CT molecular complexity index is 585. The molecule has 106 valence electrons. The van der Waals surface area contributed by atoms with Gasteiger partial charge >= 0.3 is 5.97 Å². The van der Waals surface area contributed by atoms with E-state index in [1.807, 2.05) is 0 Å². The van der Waals surface area contributed by atoms with Gasteiger partial charge in [0.1, 0.15) is 6.04 Å². The Morgan fingerprint density at radius 3 is 2.75 bits per heavy atom. The van der Waals surface area contributed by atoms with Crippen LogP contribution in [0.2, 0.25) is 0 Å². The number of carbonyl (C=O) groups is 1. The summed E-state index contributed by atoms with van der Waals surface area (Å²) in [5.41, 5.74) is 2.33. The van der Waals surface area contributed by atoms with Crippen LogP contribution in [0.5, 0.6) is 0 Å². The van der Waals surface area contributed by atoms with Gasteiger partial charge in [0.15, 0.2) is 0 Å². The number of aromatic nitrogens is 5. The Morgan fingerprint density at radius 1 is 1.40 bits per heavy atom. The molecular formula is C10H14N8O2. The first-order chi connectivity index (χ1) is 9.63. The number of esters is 1. The highest BCUT2D eigenvalue weighted by Crippen LogP contribution is 2.09. The molecule has 0 aromatic carbocycles. The van der Waals surface area contributed by atoms with Gasteiger partial charge in [-0.05, 0) is 13.0 Å². The lowest BCUT2D eigenvalue weighted by atomic mass is 10.3. The van der Waals surface area contributed by atoms with Gasteiger partial charge in [0, 0.05) is 12.4 Å². The average molecular weight is 278 g/mol. The van der Waals surface area contributed by atoms with Crippen molar-refractivity contribution in [2.45, 2.75) is 13.0 Å². The molecule has 0 aliphatic carbocycles. The van der Waals surface area contributed by atoms with Crippen LogP contribution < -0.4 is 16.6 Å². The third-order valence-electron chi connectivity index (χ3n) is 2.36. The second-order valence-electron chi connectivity index (χ2n) is 3.77. The van der Waals surface area contributed by atoms with Gasteiger partial charge in [0.25, 0.3) is 5.95 Å². The monoisotopic (exact) mass is 278 g/mol. The Kier molecular flexibility index (Phi) is 4.05. The molecule has 4 N–H and O–H groups in total. The molecule has 0 saturated carbocycles. The smallest absolute Gasteiger partial charge is 0.328 e. The van der Waals surface area contributed by atoms with E-state index in [0.717, 1.165) is 0 Å². The summed E-state index contributed by atoms with van der Waals surface area (Å²) in [5.74, 6) is 5.45. The van der Waals surface area contributed by atoms with E-state index in [9.17, 15) is 4.79 Å². The summed E-state index contributed by atoms with van der Waals surface area (Å²) in [6, 6.07) is 1.11. The Labute approximate surface area is 114 Å². The van der Waals surface area contributed by atoms with Crippen molar-refractivity contribution in [3.63, 3.8) is 0 Å². The van der Waals surface area contributed by atoms with Crippen molar-refractivity contribution < 1.29 is 9.53 Å². The van der Waals surface area contributed by atoms with Gasteiger partial charge in [-0.1, -0.05) is 0 Å². The van der Waals surface area contributed by atoms with E-state index in [1.165, 1.54) is 11.8 Å². The fraction of sp³-hybridized carbons (Fsp3) is 0.300. The molecule has 0 amide bonds. The molecular weight excluding hydrogens is 264 g/mol. The number of hydrogen-bond donors (Lipinski definition) is 3. The number of anilines is 2. The minimum atomic E-state index is -0.613. The van der Waals surface area contributed by atoms with E-state index >= 15 is 0 Å². The third kappa shape index (κ3) is 2.98. The number of hydrogen-bond acceptors (Lipinski definition) is 9. The molecule has 0 spiro atoms. The zero-order chi connectivity index (χ0) is 14.5. The van der Waals surface area contributed by atoms with Crippen molar-refractivity contribution in [3.8, 4) is 5.95 Å². The highest BCUT2D eigenvalue weighted by atomic mass is 16.5. The lowest BCUT2D eigenvalue weighted by Gasteiger charge is -2.12. The molecule has 0 fully saturated rings. The summed E-state index contributed by atoms with van der Waals surface area (Å²) in [4.78, 5) is 23.6. The highest BCUT2D eigenvalue weighted by Gasteiger charge is 2.16. The number of nitrogens with two attached hydrogens (primary N) is 1. The van der Waals surface area contributed by atoms with E-state index in [2.05, 4.69) is 35.5 Å². The molecule has 0 bridgehead atoms. The van der Waals surface area contributed by atoms with Crippen molar-refractivity contribution in [1.29, 1.82) is 0 Å². The van der Waals surface area contributed by atoms with Crippen LogP contribution >= 0.6 is 0 Å². The highest BCUT2D eigenvalue weighted by molar-refractivity contribution is 5.77. The minimum absolute atomic E-state index is 0.144. The maximum absolute atomic E-state index is 11.4. The van der Waals surface area contributed by atoms with Crippen molar-refractivity contribution >= 4 is 17.9 Å². The van der Waals surface area contributed by atoms with Gasteiger partial charge in [-0.25, -0.2) is 15.3 Å². The summed E-state index contributed by atoms with van der Waals surface area (Å²) in [5, 5.41) is 6.81. The Balaban J connectivity index is 2.29. The fourth-order valence-corrected chi connectivity index (χ4v) is 1.41. The largest absolute Gasteiger partial charge is 0.467 e. The number of nitrogen functional groups attached to an aromatic ring is 1. The summed E-state index contributed by atoms with van der Waals surface area (Å²) >= 11 is 0. The maximum Gasteiger partial charge on any atom is 0.328 e. The molecule has 0 aliphatic rings. The second-order valence-corrected chi connectivity index (χ2v) is 3.77. The second kappa shape index (κ2) is 5.93. The molecule has 0 saturated heterocycles. The number of nitrogens with one attached hydrogen (secondary N) is 2. The number of carbonyl (C=O) groups excluding carboxylic acids is 1. The van der Waals surface area contributed by atoms with Crippen molar-refractivity contribution in [2.24, 2.45) is 5.84 Å². The number of methoxy groups -OCH3 is 1. The molecule has 1 atom stereocenters. The van der Waals surface area contributed by atoms with E-state index in [-0.39, 0.29) is 17.8 Å². The summed E-state index contributed by atoms with van der Waals surface area (Å²) < 4.78 is 6.05. The van der Waals surface area contributed by atoms with Crippen LogP contribution in [0.3, 0.4) is 0 Å². The number of nitrogens with zero attached hydrogens (tertiary/aromatic N) is 5. The summed E-state index contributed by atoms with van der Waals surface area (Å²) in [6.45, 7) is 1.62. The van der Waals surface area contributed by atoms with Gasteiger partial charge in [-0.3, -0.25) is 5.43 Å². The minimum Gasteiger partial charge on any atom is -0.467 e. The Morgan fingerprint density at radius 2 is 2.15 bits per heavy atom. The van der Waals surface area contributed by atoms with Gasteiger partial charge in [0.2, 0.25) is 11.9 Å². The van der Waals surface area contributed by atoms with E-state index in [0.29, 0.717) is 0 Å². The maximum atomic E-state index is 11.4. The zero-order valence-corrected chi connectivity index (χ0v) is 10.9. The van der Waals surface area contributed by atoms with Gasteiger partial charge in [-0.2, -0.15) is 20.1 Å². The van der Waals surface area contributed by atoms with Crippen LogP contribution in [-0.2, 0) is 9.53 Å². The van der Waals surface area contributed by atoms with Crippen LogP contribution in [0.15, 0.2) is 18.5 Å². The van der Waals surface area contributed by atoms with Gasteiger partial charge in [0.05, 0.1) is 7.11 Å². The van der Waals surface area contributed by atoms with Crippen molar-refractivity contribution in [1.82, 2.24) is 24.7 Å². The first-order valence-electron chi connectivity index (χ1n) is 5.71. The predicted octanol–water partition coefficient (Wildman–Crippen LogP) is -0.684. The van der Waals surface area contributed by atoms with E-state index < -0.39 is 12.0 Å². The topological polar surface area (TPSA) is 133 Å². The van der Waals surface area contributed by atoms with Gasteiger partial charge < -0.3 is 10.1 Å². The molecule has 10 nitrogen and oxygen atoms in total. The van der Waals surface area contributed by atoms with Gasteiger partial charge in [-0.15, -0.1) is 0 Å². The molecule has 0 aliphatic heterocycles. The molecule has 1 unspecified atom stereocenters. The summed E-state index contributed by atoms with van der Waals surface area (Å²) in [7, 11) is 1.30. The van der Waals surface area contributed by atoms with Crippen LogP contribution in [0.25, 0.3) is 5.95 Å². The first kappa shape index (κ1) is 13.7. The number of ether oxygens (including phenoxy) is 1. The molecule has 2 aromatic heterocycles. The normalized spacial score (nSPS) is 11.8. The molecule has 10 heteroatoms. The SMILES string of the molecule is COC(=O)C(C)Nc1nc(NN)nc(-n2cccn2)n1. The first-order valence-corrected chi connectivity index (χ1v) is 5.71. The van der Waals surface area contributed by atoms with E-state index in [4.69, 9.17) is 5.84 Å². The lowest BCUT2D eigenvalue weighted by Crippen LogP contribution is -2.29. The quantitative estimate of drug-likeness (QED) is 0.369.